The lowest BCUT2D eigenvalue weighted by molar-refractivity contribution is -0.104. The first-order valence-electron chi connectivity index (χ1n) is 2.70. The van der Waals surface area contributed by atoms with E-state index >= 15 is 0 Å². The molecule has 0 bridgehead atoms. The molecule has 0 rings (SSSR count). The number of hydrogen-bond acceptors (Lipinski definition) is 2. The lowest BCUT2D eigenvalue weighted by Gasteiger charge is -1.84. The number of aliphatic hydroxyl groups is 1. The molecule has 0 saturated heterocycles. The van der Waals surface area contributed by atoms with Gasteiger partial charge in [-0.15, -0.1) is 0 Å². The summed E-state index contributed by atoms with van der Waals surface area (Å²) in [6.45, 7) is 1.84. The van der Waals surface area contributed by atoms with E-state index in [2.05, 4.69) is 0 Å². The number of allylic oxidation sites excluding steroid dienone is 3. The van der Waals surface area contributed by atoms with E-state index in [1.165, 1.54) is 6.08 Å². The van der Waals surface area contributed by atoms with E-state index in [-0.39, 0.29) is 6.61 Å². The van der Waals surface area contributed by atoms with E-state index in [0.717, 1.165) is 5.57 Å². The molecule has 0 saturated carbocycles. The quantitative estimate of drug-likeness (QED) is 0.343. The highest BCUT2D eigenvalue weighted by molar-refractivity contribution is 5.65. The smallest absolute Gasteiger partial charge is 0.142 e. The van der Waals surface area contributed by atoms with E-state index in [9.17, 15) is 4.79 Å². The highest BCUT2D eigenvalue weighted by Crippen LogP contribution is 1.91. The van der Waals surface area contributed by atoms with Crippen molar-refractivity contribution in [3.8, 4) is 0 Å². The SMILES string of the molecule is CC(=C/CO)/C=C/C=O. The summed E-state index contributed by atoms with van der Waals surface area (Å²) in [6.07, 6.45) is 5.36. The normalized spacial score (nSPS) is 12.4. The van der Waals surface area contributed by atoms with E-state index in [4.69, 9.17) is 5.11 Å². The molecule has 0 aromatic heterocycles. The van der Waals surface area contributed by atoms with Gasteiger partial charge >= 0.3 is 0 Å². The van der Waals surface area contributed by atoms with Crippen molar-refractivity contribution in [2.24, 2.45) is 0 Å². The van der Waals surface area contributed by atoms with Crippen molar-refractivity contribution in [2.75, 3.05) is 6.61 Å². The van der Waals surface area contributed by atoms with Crippen LogP contribution in [0.3, 0.4) is 0 Å². The maximum absolute atomic E-state index is 9.74. The first-order valence-corrected chi connectivity index (χ1v) is 2.70. The Balaban J connectivity index is 3.74. The maximum Gasteiger partial charge on any atom is 0.142 e. The molecular formula is C7H10O2. The van der Waals surface area contributed by atoms with Crippen LogP contribution in [-0.4, -0.2) is 18.0 Å². The van der Waals surface area contributed by atoms with Crippen molar-refractivity contribution in [2.45, 2.75) is 6.92 Å². The molecule has 0 amide bonds. The minimum atomic E-state index is 0.0228. The molecule has 0 radical (unpaired) electrons. The standard InChI is InChI=1S/C7H10O2/c1-7(4-6-9)3-2-5-8/h2-5,9H,6H2,1H3/b3-2+,7-4-. The summed E-state index contributed by atoms with van der Waals surface area (Å²) in [5.41, 5.74) is 0.893. The zero-order valence-corrected chi connectivity index (χ0v) is 5.37. The fourth-order valence-corrected chi connectivity index (χ4v) is 0.403. The Labute approximate surface area is 54.5 Å². The fourth-order valence-electron chi connectivity index (χ4n) is 0.403. The number of rotatable bonds is 3. The topological polar surface area (TPSA) is 37.3 Å². The predicted octanol–water partition coefficient (Wildman–Crippen LogP) is 0.680. The molecule has 9 heavy (non-hydrogen) atoms. The van der Waals surface area contributed by atoms with E-state index in [1.54, 1.807) is 12.2 Å². The first kappa shape index (κ1) is 8.11. The summed E-state index contributed by atoms with van der Waals surface area (Å²) in [7, 11) is 0. The van der Waals surface area contributed by atoms with Gasteiger partial charge in [-0.3, -0.25) is 4.79 Å². The van der Waals surface area contributed by atoms with Gasteiger partial charge < -0.3 is 5.11 Å². The van der Waals surface area contributed by atoms with Gasteiger partial charge in [-0.2, -0.15) is 0 Å². The third-order valence-electron chi connectivity index (χ3n) is 0.851. The van der Waals surface area contributed by atoms with Gasteiger partial charge in [0.2, 0.25) is 0 Å². The summed E-state index contributed by atoms with van der Waals surface area (Å²) in [5.74, 6) is 0. The highest BCUT2D eigenvalue weighted by atomic mass is 16.2. The number of aliphatic hydroxyl groups excluding tert-OH is 1. The average Bonchev–Trinajstić information content (AvgIpc) is 1.85. The summed E-state index contributed by atoms with van der Waals surface area (Å²) in [6, 6.07) is 0. The zero-order chi connectivity index (χ0) is 7.11. The van der Waals surface area contributed by atoms with Crippen LogP contribution >= 0.6 is 0 Å². The van der Waals surface area contributed by atoms with Crippen LogP contribution in [0, 0.1) is 0 Å². The second-order valence-corrected chi connectivity index (χ2v) is 1.63. The van der Waals surface area contributed by atoms with Gasteiger partial charge in [-0.1, -0.05) is 17.7 Å². The van der Waals surface area contributed by atoms with Crippen molar-refractivity contribution >= 4 is 6.29 Å². The van der Waals surface area contributed by atoms with E-state index in [1.807, 2.05) is 6.92 Å². The number of carbonyl (C=O) groups excluding carboxylic acids is 1. The van der Waals surface area contributed by atoms with Crippen molar-refractivity contribution < 1.29 is 9.90 Å². The van der Waals surface area contributed by atoms with Crippen LogP contribution in [0.15, 0.2) is 23.8 Å². The second kappa shape index (κ2) is 5.25. The van der Waals surface area contributed by atoms with Crippen LogP contribution in [0.5, 0.6) is 0 Å². The Morgan fingerprint density at radius 2 is 2.33 bits per heavy atom. The Morgan fingerprint density at radius 1 is 1.67 bits per heavy atom. The van der Waals surface area contributed by atoms with Crippen LogP contribution in [0.25, 0.3) is 0 Å². The molecule has 0 aliphatic heterocycles. The van der Waals surface area contributed by atoms with Gasteiger partial charge in [0.1, 0.15) is 6.29 Å². The van der Waals surface area contributed by atoms with Crippen LogP contribution in [0.2, 0.25) is 0 Å². The number of carbonyl (C=O) groups is 1. The third kappa shape index (κ3) is 4.97. The van der Waals surface area contributed by atoms with E-state index < -0.39 is 0 Å². The summed E-state index contributed by atoms with van der Waals surface area (Å²) >= 11 is 0. The second-order valence-electron chi connectivity index (χ2n) is 1.63. The molecule has 0 spiro atoms. The van der Waals surface area contributed by atoms with E-state index in [0.29, 0.717) is 6.29 Å². The molecule has 2 heteroatoms. The van der Waals surface area contributed by atoms with Crippen molar-refractivity contribution in [1.82, 2.24) is 0 Å². The molecule has 0 aromatic rings. The molecule has 0 aliphatic carbocycles. The van der Waals surface area contributed by atoms with Gasteiger partial charge in [0.15, 0.2) is 0 Å². The summed E-state index contributed by atoms with van der Waals surface area (Å²) in [5, 5.41) is 8.34. The van der Waals surface area contributed by atoms with Gasteiger partial charge in [-0.25, -0.2) is 0 Å². The number of aldehydes is 1. The lowest BCUT2D eigenvalue weighted by Crippen LogP contribution is -1.75. The van der Waals surface area contributed by atoms with Crippen LogP contribution in [0.1, 0.15) is 6.92 Å². The van der Waals surface area contributed by atoms with Crippen molar-refractivity contribution in [3.05, 3.63) is 23.8 Å². The van der Waals surface area contributed by atoms with Crippen molar-refractivity contribution in [1.29, 1.82) is 0 Å². The lowest BCUT2D eigenvalue weighted by atomic mass is 10.3. The minimum absolute atomic E-state index is 0.0228. The van der Waals surface area contributed by atoms with Crippen molar-refractivity contribution in [3.63, 3.8) is 0 Å². The van der Waals surface area contributed by atoms with Crippen LogP contribution < -0.4 is 0 Å². The Kier molecular flexibility index (Phi) is 4.73. The molecule has 50 valence electrons. The van der Waals surface area contributed by atoms with Gasteiger partial charge in [0, 0.05) is 0 Å². The average molecular weight is 126 g/mol. The maximum atomic E-state index is 9.74. The molecule has 0 atom stereocenters. The molecule has 0 heterocycles. The third-order valence-corrected chi connectivity index (χ3v) is 0.851. The highest BCUT2D eigenvalue weighted by Gasteiger charge is 1.76. The molecule has 0 aliphatic rings. The summed E-state index contributed by atoms with van der Waals surface area (Å²) < 4.78 is 0. The van der Waals surface area contributed by atoms with Crippen LogP contribution in [-0.2, 0) is 4.79 Å². The number of hydrogen-bond donors (Lipinski definition) is 1. The molecule has 0 fully saturated rings. The van der Waals surface area contributed by atoms with Gasteiger partial charge in [-0.05, 0) is 13.0 Å². The molecular weight excluding hydrogens is 116 g/mol. The Morgan fingerprint density at radius 3 is 2.78 bits per heavy atom. The Bertz CT molecular complexity index is 134. The zero-order valence-electron chi connectivity index (χ0n) is 5.37. The van der Waals surface area contributed by atoms with Gasteiger partial charge in [0.05, 0.1) is 6.61 Å². The first-order chi connectivity index (χ1) is 4.31. The molecule has 0 aromatic carbocycles. The largest absolute Gasteiger partial charge is 0.392 e. The minimum Gasteiger partial charge on any atom is -0.392 e. The monoisotopic (exact) mass is 126 g/mol. The summed E-state index contributed by atoms with van der Waals surface area (Å²) in [4.78, 5) is 9.74. The van der Waals surface area contributed by atoms with Crippen LogP contribution in [0.4, 0.5) is 0 Å². The molecule has 2 nitrogen and oxygen atoms in total. The Hall–Kier alpha value is -0.890. The molecule has 0 unspecified atom stereocenters. The van der Waals surface area contributed by atoms with Gasteiger partial charge in [0.25, 0.3) is 0 Å². The molecule has 1 N–H and O–H groups in total. The fraction of sp³-hybridized carbons (Fsp3) is 0.286. The predicted molar refractivity (Wildman–Crippen MR) is 36.0 cm³/mol.